The van der Waals surface area contributed by atoms with E-state index in [0.717, 1.165) is 12.0 Å². The third-order valence-corrected chi connectivity index (χ3v) is 4.88. The second kappa shape index (κ2) is 8.73. The number of thioether (sulfide) groups is 1. The highest BCUT2D eigenvalue weighted by atomic mass is 32.2. The minimum absolute atomic E-state index is 0.0578. The molecule has 6 nitrogen and oxygen atoms in total. The number of nitrogens with zero attached hydrogens (tertiary/aromatic N) is 1. The first-order chi connectivity index (χ1) is 11.5. The molecule has 1 aliphatic rings. The molecule has 0 spiro atoms. The summed E-state index contributed by atoms with van der Waals surface area (Å²) in [5.41, 5.74) is 0.838. The molecule has 0 aliphatic carbocycles. The summed E-state index contributed by atoms with van der Waals surface area (Å²) in [5.74, 6) is -0.554. The molecule has 2 amide bonds. The van der Waals surface area contributed by atoms with Gasteiger partial charge in [0.05, 0.1) is 5.88 Å². The Labute approximate surface area is 145 Å². The van der Waals surface area contributed by atoms with Crippen LogP contribution in [0.1, 0.15) is 25.3 Å². The fourth-order valence-electron chi connectivity index (χ4n) is 2.58. The van der Waals surface area contributed by atoms with Crippen LogP contribution in [0.15, 0.2) is 30.3 Å². The van der Waals surface area contributed by atoms with Gasteiger partial charge in [-0.1, -0.05) is 37.3 Å². The van der Waals surface area contributed by atoms with Gasteiger partial charge in [-0.15, -0.1) is 11.8 Å². The summed E-state index contributed by atoms with van der Waals surface area (Å²) in [5, 5.41) is 12.0. The van der Waals surface area contributed by atoms with E-state index in [1.165, 1.54) is 11.8 Å². The van der Waals surface area contributed by atoms with Gasteiger partial charge in [0.25, 0.3) is 0 Å². The van der Waals surface area contributed by atoms with Crippen LogP contribution in [0.25, 0.3) is 0 Å². The fourth-order valence-corrected chi connectivity index (χ4v) is 3.76. The van der Waals surface area contributed by atoms with Crippen molar-refractivity contribution < 1.29 is 19.5 Å². The van der Waals surface area contributed by atoms with Crippen LogP contribution in [0.4, 0.5) is 0 Å². The van der Waals surface area contributed by atoms with Gasteiger partial charge in [-0.05, 0) is 12.0 Å². The van der Waals surface area contributed by atoms with Crippen LogP contribution < -0.4 is 5.32 Å². The number of aliphatic carboxylic acids is 1. The van der Waals surface area contributed by atoms with E-state index in [0.29, 0.717) is 18.1 Å². The van der Waals surface area contributed by atoms with Crippen molar-refractivity contribution in [1.82, 2.24) is 10.2 Å². The molecule has 1 aromatic rings. The molecule has 130 valence electrons. The SMILES string of the molecule is CCCC(=O)N1CSCC1C(=O)NC(Cc1ccccc1)C(=O)O. The standard InChI is InChI=1S/C17H22N2O4S/c1-2-6-15(20)19-11-24-10-14(19)16(21)18-13(17(22)23)9-12-7-4-3-5-8-12/h3-5,7-8,13-14H,2,6,9-11H2,1H3,(H,18,21)(H,22,23). The van der Waals surface area contributed by atoms with E-state index < -0.39 is 24.0 Å². The van der Waals surface area contributed by atoms with Crippen molar-refractivity contribution in [3.63, 3.8) is 0 Å². The van der Waals surface area contributed by atoms with Gasteiger partial charge in [-0.25, -0.2) is 4.79 Å². The Hall–Kier alpha value is -2.02. The maximum Gasteiger partial charge on any atom is 0.326 e. The van der Waals surface area contributed by atoms with Crippen LogP contribution in [-0.2, 0) is 20.8 Å². The molecule has 1 heterocycles. The molecule has 0 saturated carbocycles. The molecule has 1 fully saturated rings. The van der Waals surface area contributed by atoms with E-state index in [1.54, 1.807) is 4.90 Å². The van der Waals surface area contributed by atoms with E-state index in [1.807, 2.05) is 37.3 Å². The summed E-state index contributed by atoms with van der Waals surface area (Å²) in [6, 6.07) is 7.56. The van der Waals surface area contributed by atoms with Crippen LogP contribution in [0.2, 0.25) is 0 Å². The molecule has 2 unspecified atom stereocenters. The molecule has 2 rings (SSSR count). The summed E-state index contributed by atoms with van der Waals surface area (Å²) < 4.78 is 0. The maximum absolute atomic E-state index is 12.5. The van der Waals surface area contributed by atoms with Crippen LogP contribution in [0.5, 0.6) is 0 Å². The van der Waals surface area contributed by atoms with Crippen LogP contribution >= 0.6 is 11.8 Å². The van der Waals surface area contributed by atoms with Gasteiger partial charge in [-0.3, -0.25) is 9.59 Å². The molecule has 0 radical (unpaired) electrons. The summed E-state index contributed by atoms with van der Waals surface area (Å²) >= 11 is 1.51. The number of carboxylic acid groups (broad SMARTS) is 1. The second-order valence-electron chi connectivity index (χ2n) is 5.72. The van der Waals surface area contributed by atoms with Crippen molar-refractivity contribution in [1.29, 1.82) is 0 Å². The second-order valence-corrected chi connectivity index (χ2v) is 6.72. The number of hydrogen-bond donors (Lipinski definition) is 2. The van der Waals surface area contributed by atoms with Gasteiger partial charge < -0.3 is 15.3 Å². The largest absolute Gasteiger partial charge is 0.480 e. The lowest BCUT2D eigenvalue weighted by atomic mass is 10.1. The fraction of sp³-hybridized carbons (Fsp3) is 0.471. The molecule has 1 aliphatic heterocycles. The summed E-state index contributed by atoms with van der Waals surface area (Å²) in [6.07, 6.45) is 1.33. The van der Waals surface area contributed by atoms with Gasteiger partial charge in [0.2, 0.25) is 11.8 Å². The molecule has 1 saturated heterocycles. The van der Waals surface area contributed by atoms with Gasteiger partial charge in [0, 0.05) is 18.6 Å². The van der Waals surface area contributed by atoms with Crippen molar-refractivity contribution in [3.05, 3.63) is 35.9 Å². The molecule has 1 aromatic carbocycles. The first-order valence-corrected chi connectivity index (χ1v) is 9.12. The predicted octanol–water partition coefficient (Wildman–Crippen LogP) is 1.50. The Kier molecular flexibility index (Phi) is 6.66. The normalized spacial score (nSPS) is 18.2. The average molecular weight is 350 g/mol. The van der Waals surface area contributed by atoms with Gasteiger partial charge in [0.1, 0.15) is 12.1 Å². The molecular weight excluding hydrogens is 328 g/mol. The van der Waals surface area contributed by atoms with E-state index >= 15 is 0 Å². The summed E-state index contributed by atoms with van der Waals surface area (Å²) in [6.45, 7) is 1.91. The zero-order chi connectivity index (χ0) is 17.5. The minimum Gasteiger partial charge on any atom is -0.480 e. The van der Waals surface area contributed by atoms with Crippen LogP contribution in [-0.4, -0.2) is 51.5 Å². The van der Waals surface area contributed by atoms with E-state index in [2.05, 4.69) is 5.32 Å². The third kappa shape index (κ3) is 4.74. The lowest BCUT2D eigenvalue weighted by molar-refractivity contribution is -0.143. The molecule has 0 aromatic heterocycles. The summed E-state index contributed by atoms with van der Waals surface area (Å²) in [7, 11) is 0. The van der Waals surface area contributed by atoms with Crippen molar-refractivity contribution in [3.8, 4) is 0 Å². The Morgan fingerprint density at radius 3 is 2.67 bits per heavy atom. The smallest absolute Gasteiger partial charge is 0.326 e. The first-order valence-electron chi connectivity index (χ1n) is 7.97. The number of hydrogen-bond acceptors (Lipinski definition) is 4. The Morgan fingerprint density at radius 2 is 2.04 bits per heavy atom. The van der Waals surface area contributed by atoms with Crippen molar-refractivity contribution in [2.45, 2.75) is 38.3 Å². The lowest BCUT2D eigenvalue weighted by Gasteiger charge is -2.24. The lowest BCUT2D eigenvalue weighted by Crippen LogP contribution is -2.52. The highest BCUT2D eigenvalue weighted by Gasteiger charge is 2.35. The number of carbonyl (C=O) groups excluding carboxylic acids is 2. The first kappa shape index (κ1) is 18.3. The van der Waals surface area contributed by atoms with Gasteiger partial charge >= 0.3 is 5.97 Å². The summed E-state index contributed by atoms with van der Waals surface area (Å²) in [4.78, 5) is 37.6. The Morgan fingerprint density at radius 1 is 1.33 bits per heavy atom. The molecular formula is C17H22N2O4S. The monoisotopic (exact) mass is 350 g/mol. The third-order valence-electron chi connectivity index (χ3n) is 3.87. The maximum atomic E-state index is 12.5. The average Bonchev–Trinajstić information content (AvgIpc) is 3.05. The van der Waals surface area contributed by atoms with E-state index in [4.69, 9.17) is 0 Å². The topological polar surface area (TPSA) is 86.7 Å². The predicted molar refractivity (Wildman–Crippen MR) is 92.6 cm³/mol. The Bertz CT molecular complexity index is 594. The van der Waals surface area contributed by atoms with Gasteiger partial charge in [0.15, 0.2) is 0 Å². The number of amides is 2. The molecule has 0 bridgehead atoms. The minimum atomic E-state index is -1.08. The zero-order valence-electron chi connectivity index (χ0n) is 13.6. The zero-order valence-corrected chi connectivity index (χ0v) is 14.4. The van der Waals surface area contributed by atoms with Crippen molar-refractivity contribution >= 4 is 29.5 Å². The Balaban J connectivity index is 2.02. The number of benzene rings is 1. The number of carbonyl (C=O) groups is 3. The van der Waals surface area contributed by atoms with Crippen molar-refractivity contribution in [2.24, 2.45) is 0 Å². The highest BCUT2D eigenvalue weighted by Crippen LogP contribution is 2.22. The van der Waals surface area contributed by atoms with E-state index in [9.17, 15) is 19.5 Å². The number of carboxylic acids is 1. The van der Waals surface area contributed by atoms with Crippen molar-refractivity contribution in [2.75, 3.05) is 11.6 Å². The van der Waals surface area contributed by atoms with Crippen LogP contribution in [0, 0.1) is 0 Å². The van der Waals surface area contributed by atoms with Crippen LogP contribution in [0.3, 0.4) is 0 Å². The molecule has 24 heavy (non-hydrogen) atoms. The highest BCUT2D eigenvalue weighted by molar-refractivity contribution is 7.99. The molecule has 2 N–H and O–H groups in total. The van der Waals surface area contributed by atoms with E-state index in [-0.39, 0.29) is 12.3 Å². The number of rotatable bonds is 7. The van der Waals surface area contributed by atoms with Gasteiger partial charge in [-0.2, -0.15) is 0 Å². The quantitative estimate of drug-likeness (QED) is 0.778. The number of nitrogens with one attached hydrogen (secondary N) is 1. The molecule has 2 atom stereocenters. The molecule has 7 heteroatoms.